The number of hydrogen-bond donors (Lipinski definition) is 2. The molecule has 8 nitrogen and oxygen atoms in total. The minimum atomic E-state index is -0.996. The minimum absolute atomic E-state index is 0.114. The number of carboxylic acids is 1. The average Bonchev–Trinajstić information content (AvgIpc) is 2.96. The maximum absolute atomic E-state index is 11.7. The van der Waals surface area contributed by atoms with Gasteiger partial charge in [0.15, 0.2) is 5.82 Å². The second kappa shape index (κ2) is 5.04. The van der Waals surface area contributed by atoms with Crippen molar-refractivity contribution in [2.75, 3.05) is 11.6 Å². The molecule has 1 aromatic heterocycles. The van der Waals surface area contributed by atoms with E-state index >= 15 is 0 Å². The Hall–Kier alpha value is -1.77. The summed E-state index contributed by atoms with van der Waals surface area (Å²) < 4.78 is 4.51. The van der Waals surface area contributed by atoms with Gasteiger partial charge in [0, 0.05) is 5.75 Å². The second-order valence-corrected chi connectivity index (χ2v) is 4.33. The molecule has 0 saturated carbocycles. The van der Waals surface area contributed by atoms with Gasteiger partial charge < -0.3 is 19.8 Å². The summed E-state index contributed by atoms with van der Waals surface area (Å²) in [5.74, 6) is 0.127. The van der Waals surface area contributed by atoms with Gasteiger partial charge in [-0.25, -0.2) is 9.59 Å². The van der Waals surface area contributed by atoms with E-state index in [0.717, 1.165) is 6.39 Å². The molecule has 2 N–H and O–H groups in total. The SMILES string of the molecule is O=C(O)[C@@H]1CSCN1C(=O)NCc1ncon1. The van der Waals surface area contributed by atoms with Crippen molar-refractivity contribution in [2.45, 2.75) is 12.6 Å². The van der Waals surface area contributed by atoms with Crippen LogP contribution in [0.1, 0.15) is 5.82 Å². The Labute approximate surface area is 100 Å². The Bertz CT molecular complexity index is 410. The Kier molecular flexibility index (Phi) is 3.47. The van der Waals surface area contributed by atoms with Crippen LogP contribution in [0.25, 0.3) is 0 Å². The van der Waals surface area contributed by atoms with Gasteiger partial charge in [0.25, 0.3) is 0 Å². The van der Waals surface area contributed by atoms with E-state index in [-0.39, 0.29) is 6.54 Å². The number of nitrogens with one attached hydrogen (secondary N) is 1. The number of carbonyl (C=O) groups excluding carboxylic acids is 1. The van der Waals surface area contributed by atoms with Crippen LogP contribution in [0.15, 0.2) is 10.9 Å². The monoisotopic (exact) mass is 258 g/mol. The van der Waals surface area contributed by atoms with E-state index in [9.17, 15) is 9.59 Å². The second-order valence-electron chi connectivity index (χ2n) is 3.33. The summed E-state index contributed by atoms with van der Waals surface area (Å²) in [4.78, 5) is 27.6. The molecule has 0 aromatic carbocycles. The van der Waals surface area contributed by atoms with Crippen molar-refractivity contribution in [3.05, 3.63) is 12.2 Å². The molecule has 2 rings (SSSR count). The molecular weight excluding hydrogens is 248 g/mol. The lowest BCUT2D eigenvalue weighted by atomic mass is 10.3. The fourth-order valence-corrected chi connectivity index (χ4v) is 2.52. The Balaban J connectivity index is 1.89. The normalized spacial score (nSPS) is 19.3. The zero-order valence-electron chi connectivity index (χ0n) is 8.70. The topological polar surface area (TPSA) is 109 Å². The molecule has 0 spiro atoms. The molecule has 92 valence electrons. The predicted octanol–water partition coefficient (Wildman–Crippen LogP) is -0.261. The number of aromatic nitrogens is 2. The van der Waals surface area contributed by atoms with Crippen LogP contribution in [0.5, 0.6) is 0 Å². The third kappa shape index (κ3) is 2.67. The average molecular weight is 258 g/mol. The molecule has 1 atom stereocenters. The molecular formula is C8H10N4O4S. The van der Waals surface area contributed by atoms with Crippen LogP contribution >= 0.6 is 11.8 Å². The van der Waals surface area contributed by atoms with E-state index < -0.39 is 18.0 Å². The van der Waals surface area contributed by atoms with Crippen molar-refractivity contribution >= 4 is 23.8 Å². The van der Waals surface area contributed by atoms with Crippen LogP contribution in [0.2, 0.25) is 0 Å². The van der Waals surface area contributed by atoms with Crippen LogP contribution < -0.4 is 5.32 Å². The molecule has 0 aliphatic carbocycles. The number of thioether (sulfide) groups is 1. The number of nitrogens with zero attached hydrogens (tertiary/aromatic N) is 3. The number of carbonyl (C=O) groups is 2. The summed E-state index contributed by atoms with van der Waals surface area (Å²) in [6, 6.07) is -1.21. The lowest BCUT2D eigenvalue weighted by Crippen LogP contribution is -2.46. The number of amides is 2. The van der Waals surface area contributed by atoms with Gasteiger partial charge in [0.2, 0.25) is 6.39 Å². The number of hydrogen-bond acceptors (Lipinski definition) is 6. The Morgan fingerprint density at radius 3 is 3.18 bits per heavy atom. The first-order valence-electron chi connectivity index (χ1n) is 4.78. The van der Waals surface area contributed by atoms with Gasteiger partial charge in [-0.15, -0.1) is 11.8 Å². The number of rotatable bonds is 3. The summed E-state index contributed by atoms with van der Waals surface area (Å²) in [7, 11) is 0. The van der Waals surface area contributed by atoms with Crippen LogP contribution in [0.4, 0.5) is 4.79 Å². The van der Waals surface area contributed by atoms with Crippen LogP contribution in [-0.4, -0.2) is 49.8 Å². The summed E-state index contributed by atoms with van der Waals surface area (Å²) in [5, 5.41) is 15.0. The van der Waals surface area contributed by atoms with Gasteiger partial charge in [-0.3, -0.25) is 0 Å². The molecule has 1 fully saturated rings. The van der Waals surface area contributed by atoms with E-state index in [1.54, 1.807) is 0 Å². The first-order valence-corrected chi connectivity index (χ1v) is 5.94. The van der Waals surface area contributed by atoms with E-state index in [1.165, 1.54) is 16.7 Å². The first kappa shape index (κ1) is 11.7. The molecule has 2 heterocycles. The molecule has 1 aliphatic rings. The van der Waals surface area contributed by atoms with Gasteiger partial charge in [-0.1, -0.05) is 5.16 Å². The summed E-state index contributed by atoms with van der Waals surface area (Å²) in [6.45, 7) is 0.114. The van der Waals surface area contributed by atoms with Gasteiger partial charge >= 0.3 is 12.0 Å². The number of carboxylic acid groups (broad SMARTS) is 1. The van der Waals surface area contributed by atoms with Gasteiger partial charge in [-0.05, 0) is 0 Å². The lowest BCUT2D eigenvalue weighted by molar-refractivity contribution is -0.140. The zero-order chi connectivity index (χ0) is 12.3. The highest BCUT2D eigenvalue weighted by Crippen LogP contribution is 2.20. The first-order chi connectivity index (χ1) is 8.18. The highest BCUT2D eigenvalue weighted by molar-refractivity contribution is 7.99. The highest BCUT2D eigenvalue weighted by Gasteiger charge is 2.34. The highest BCUT2D eigenvalue weighted by atomic mass is 32.2. The molecule has 9 heteroatoms. The van der Waals surface area contributed by atoms with E-state index in [0.29, 0.717) is 17.5 Å². The molecule has 1 saturated heterocycles. The van der Waals surface area contributed by atoms with Gasteiger partial charge in [0.1, 0.15) is 6.04 Å². The number of aliphatic carboxylic acids is 1. The molecule has 17 heavy (non-hydrogen) atoms. The van der Waals surface area contributed by atoms with Crippen LogP contribution in [0.3, 0.4) is 0 Å². The van der Waals surface area contributed by atoms with Crippen LogP contribution in [0, 0.1) is 0 Å². The molecule has 1 aliphatic heterocycles. The lowest BCUT2D eigenvalue weighted by Gasteiger charge is -2.20. The van der Waals surface area contributed by atoms with E-state index in [4.69, 9.17) is 5.11 Å². The predicted molar refractivity (Wildman–Crippen MR) is 57.1 cm³/mol. The van der Waals surface area contributed by atoms with Crippen molar-refractivity contribution in [1.29, 1.82) is 0 Å². The van der Waals surface area contributed by atoms with Crippen molar-refractivity contribution in [2.24, 2.45) is 0 Å². The fourth-order valence-electron chi connectivity index (χ4n) is 1.37. The zero-order valence-corrected chi connectivity index (χ0v) is 9.51. The number of urea groups is 1. The van der Waals surface area contributed by atoms with Crippen molar-refractivity contribution < 1.29 is 19.2 Å². The van der Waals surface area contributed by atoms with Gasteiger partial charge in [0.05, 0.1) is 12.4 Å². The standard InChI is InChI=1S/C8H10N4O4S/c13-7(14)5-2-17-4-12(5)8(15)9-1-6-10-3-16-11-6/h3,5H,1-2,4H2,(H,9,15)(H,13,14)/t5-/m0/s1. The fraction of sp³-hybridized carbons (Fsp3) is 0.500. The quantitative estimate of drug-likeness (QED) is 0.768. The maximum atomic E-state index is 11.7. The van der Waals surface area contributed by atoms with Crippen molar-refractivity contribution in [3.8, 4) is 0 Å². The van der Waals surface area contributed by atoms with Gasteiger partial charge in [-0.2, -0.15) is 4.98 Å². The van der Waals surface area contributed by atoms with Crippen molar-refractivity contribution in [1.82, 2.24) is 20.4 Å². The third-order valence-corrected chi connectivity index (χ3v) is 3.25. The molecule has 0 bridgehead atoms. The molecule has 2 amide bonds. The smallest absolute Gasteiger partial charge is 0.327 e. The van der Waals surface area contributed by atoms with E-state index in [2.05, 4.69) is 20.0 Å². The summed E-state index contributed by atoms with van der Waals surface area (Å²) in [5.41, 5.74) is 0. The minimum Gasteiger partial charge on any atom is -0.480 e. The molecule has 0 radical (unpaired) electrons. The Morgan fingerprint density at radius 1 is 1.71 bits per heavy atom. The van der Waals surface area contributed by atoms with E-state index in [1.807, 2.05) is 0 Å². The summed E-state index contributed by atoms with van der Waals surface area (Å²) >= 11 is 1.40. The third-order valence-electron chi connectivity index (χ3n) is 2.23. The Morgan fingerprint density at radius 2 is 2.53 bits per heavy atom. The van der Waals surface area contributed by atoms with Crippen LogP contribution in [-0.2, 0) is 11.3 Å². The molecule has 0 unspecified atom stereocenters. The maximum Gasteiger partial charge on any atom is 0.327 e. The summed E-state index contributed by atoms with van der Waals surface area (Å²) in [6.07, 6.45) is 1.16. The largest absolute Gasteiger partial charge is 0.480 e. The van der Waals surface area contributed by atoms with Crippen molar-refractivity contribution in [3.63, 3.8) is 0 Å². The molecule has 1 aromatic rings.